The summed E-state index contributed by atoms with van der Waals surface area (Å²) in [5.41, 5.74) is 0. The fraction of sp³-hybridized carbons (Fsp3) is 0.727. The van der Waals surface area contributed by atoms with Crippen LogP contribution in [-0.4, -0.2) is 36.6 Å². The van der Waals surface area contributed by atoms with E-state index < -0.39 is 0 Å². The number of carbonyl (C=O) groups excluding carboxylic acids is 1. The molecule has 0 aromatic heterocycles. The highest BCUT2D eigenvalue weighted by Gasteiger charge is 2.29. The van der Waals surface area contributed by atoms with Crippen LogP contribution >= 0.6 is 0 Å². The molecule has 1 heterocycles. The molecule has 0 spiro atoms. The van der Waals surface area contributed by atoms with Crippen molar-refractivity contribution in [1.29, 1.82) is 0 Å². The van der Waals surface area contributed by atoms with Crippen molar-refractivity contribution >= 4 is 5.97 Å². The highest BCUT2D eigenvalue weighted by Crippen LogP contribution is 2.17. The van der Waals surface area contributed by atoms with Gasteiger partial charge in [0.2, 0.25) is 0 Å². The monoisotopic (exact) mass is 197 g/mol. The summed E-state index contributed by atoms with van der Waals surface area (Å²) in [4.78, 5) is 13.8. The van der Waals surface area contributed by atoms with Crippen LogP contribution in [0.3, 0.4) is 0 Å². The topological polar surface area (TPSA) is 29.5 Å². The number of nitrogens with zero attached hydrogens (tertiary/aromatic N) is 1. The van der Waals surface area contributed by atoms with Crippen LogP contribution in [0.5, 0.6) is 0 Å². The fourth-order valence-corrected chi connectivity index (χ4v) is 1.70. The first-order chi connectivity index (χ1) is 6.63. The van der Waals surface area contributed by atoms with Gasteiger partial charge in [0.05, 0.1) is 12.0 Å². The molecular formula is C11H19NO2. The van der Waals surface area contributed by atoms with Gasteiger partial charge in [0, 0.05) is 13.1 Å². The van der Waals surface area contributed by atoms with Gasteiger partial charge in [-0.15, -0.1) is 6.58 Å². The lowest BCUT2D eigenvalue weighted by Gasteiger charge is -2.14. The predicted molar refractivity (Wildman–Crippen MR) is 56.0 cm³/mol. The SMILES string of the molecule is C=CCN1CCC(C(=O)OC(C)C)C1. The van der Waals surface area contributed by atoms with Crippen molar-refractivity contribution in [3.8, 4) is 0 Å². The quantitative estimate of drug-likeness (QED) is 0.504. The first kappa shape index (κ1) is 11.2. The van der Waals surface area contributed by atoms with Crippen LogP contribution in [0.25, 0.3) is 0 Å². The van der Waals surface area contributed by atoms with Crippen LogP contribution in [0.2, 0.25) is 0 Å². The van der Waals surface area contributed by atoms with Crippen LogP contribution in [0.4, 0.5) is 0 Å². The smallest absolute Gasteiger partial charge is 0.310 e. The molecule has 1 rings (SSSR count). The van der Waals surface area contributed by atoms with Crippen molar-refractivity contribution in [3.63, 3.8) is 0 Å². The summed E-state index contributed by atoms with van der Waals surface area (Å²) >= 11 is 0. The molecule has 1 atom stereocenters. The van der Waals surface area contributed by atoms with E-state index in [1.165, 1.54) is 0 Å². The first-order valence-corrected chi connectivity index (χ1v) is 5.17. The van der Waals surface area contributed by atoms with E-state index in [0.717, 1.165) is 26.1 Å². The van der Waals surface area contributed by atoms with E-state index in [-0.39, 0.29) is 18.0 Å². The van der Waals surface area contributed by atoms with Crippen molar-refractivity contribution in [2.24, 2.45) is 5.92 Å². The minimum absolute atomic E-state index is 0.00375. The molecule has 14 heavy (non-hydrogen) atoms. The summed E-state index contributed by atoms with van der Waals surface area (Å²) in [5.74, 6) is 0.0175. The lowest BCUT2D eigenvalue weighted by molar-refractivity contribution is -0.151. The fourth-order valence-electron chi connectivity index (χ4n) is 1.70. The Morgan fingerprint density at radius 2 is 2.43 bits per heavy atom. The molecule has 1 fully saturated rings. The van der Waals surface area contributed by atoms with Crippen LogP contribution in [0, 0.1) is 5.92 Å². The highest BCUT2D eigenvalue weighted by molar-refractivity contribution is 5.73. The normalized spacial score (nSPS) is 22.6. The molecule has 0 radical (unpaired) electrons. The van der Waals surface area contributed by atoms with Gasteiger partial charge in [0.25, 0.3) is 0 Å². The van der Waals surface area contributed by atoms with Crippen molar-refractivity contribution in [2.45, 2.75) is 26.4 Å². The number of hydrogen-bond donors (Lipinski definition) is 0. The Hall–Kier alpha value is -0.830. The van der Waals surface area contributed by atoms with Gasteiger partial charge >= 0.3 is 5.97 Å². The van der Waals surface area contributed by atoms with Gasteiger partial charge in [-0.25, -0.2) is 0 Å². The maximum Gasteiger partial charge on any atom is 0.310 e. The molecule has 1 unspecified atom stereocenters. The summed E-state index contributed by atoms with van der Waals surface area (Å²) in [7, 11) is 0. The van der Waals surface area contributed by atoms with Crippen molar-refractivity contribution in [3.05, 3.63) is 12.7 Å². The van der Waals surface area contributed by atoms with Gasteiger partial charge in [0.15, 0.2) is 0 Å². The molecule has 0 amide bonds. The third-order valence-electron chi connectivity index (χ3n) is 2.34. The molecule has 1 aliphatic heterocycles. The minimum atomic E-state index is -0.0495. The Balaban J connectivity index is 2.33. The minimum Gasteiger partial charge on any atom is -0.463 e. The van der Waals surface area contributed by atoms with E-state index in [2.05, 4.69) is 11.5 Å². The second kappa shape index (κ2) is 5.15. The molecular weight excluding hydrogens is 178 g/mol. The summed E-state index contributed by atoms with van der Waals surface area (Å²) in [6, 6.07) is 0. The van der Waals surface area contributed by atoms with Crippen molar-refractivity contribution < 1.29 is 9.53 Å². The average molecular weight is 197 g/mol. The van der Waals surface area contributed by atoms with Crippen LogP contribution in [0.1, 0.15) is 20.3 Å². The lowest BCUT2D eigenvalue weighted by Crippen LogP contribution is -2.25. The Morgan fingerprint density at radius 1 is 1.71 bits per heavy atom. The number of rotatable bonds is 4. The Bertz CT molecular complexity index is 213. The third kappa shape index (κ3) is 3.14. The van der Waals surface area contributed by atoms with Gasteiger partial charge in [-0.1, -0.05) is 6.08 Å². The summed E-state index contributed by atoms with van der Waals surface area (Å²) in [6.07, 6.45) is 2.78. The number of hydrogen-bond acceptors (Lipinski definition) is 3. The highest BCUT2D eigenvalue weighted by atomic mass is 16.5. The summed E-state index contributed by atoms with van der Waals surface area (Å²) < 4.78 is 5.17. The number of ether oxygens (including phenoxy) is 1. The predicted octanol–water partition coefficient (Wildman–Crippen LogP) is 1.45. The molecule has 0 bridgehead atoms. The van der Waals surface area contributed by atoms with Gasteiger partial charge in [-0.05, 0) is 26.8 Å². The van der Waals surface area contributed by atoms with Crippen LogP contribution < -0.4 is 0 Å². The first-order valence-electron chi connectivity index (χ1n) is 5.17. The summed E-state index contributed by atoms with van der Waals surface area (Å²) in [6.45, 7) is 10.1. The second-order valence-electron chi connectivity index (χ2n) is 4.02. The van der Waals surface area contributed by atoms with E-state index in [4.69, 9.17) is 4.74 Å². The molecule has 0 aliphatic carbocycles. The Labute approximate surface area is 85.7 Å². The van der Waals surface area contributed by atoms with Gasteiger partial charge < -0.3 is 4.74 Å². The van der Waals surface area contributed by atoms with Gasteiger partial charge in [0.1, 0.15) is 0 Å². The largest absolute Gasteiger partial charge is 0.463 e. The zero-order valence-corrected chi connectivity index (χ0v) is 9.03. The van der Waals surface area contributed by atoms with Crippen molar-refractivity contribution in [1.82, 2.24) is 4.90 Å². The second-order valence-corrected chi connectivity index (χ2v) is 4.02. The van der Waals surface area contributed by atoms with E-state index in [1.807, 2.05) is 19.9 Å². The van der Waals surface area contributed by atoms with Crippen LogP contribution in [-0.2, 0) is 9.53 Å². The van der Waals surface area contributed by atoms with Crippen LogP contribution in [0.15, 0.2) is 12.7 Å². The van der Waals surface area contributed by atoms with Gasteiger partial charge in [-0.2, -0.15) is 0 Å². The van der Waals surface area contributed by atoms with Gasteiger partial charge in [-0.3, -0.25) is 9.69 Å². The number of esters is 1. The molecule has 3 heteroatoms. The number of likely N-dealkylation sites (tertiary alicyclic amines) is 1. The zero-order chi connectivity index (χ0) is 10.6. The average Bonchev–Trinajstić information content (AvgIpc) is 2.52. The maximum atomic E-state index is 11.5. The molecule has 0 aromatic carbocycles. The Kier molecular flexibility index (Phi) is 4.14. The molecule has 1 saturated heterocycles. The molecule has 0 saturated carbocycles. The maximum absolute atomic E-state index is 11.5. The van der Waals surface area contributed by atoms with E-state index in [9.17, 15) is 4.79 Å². The zero-order valence-electron chi connectivity index (χ0n) is 9.03. The molecule has 3 nitrogen and oxygen atoms in total. The molecule has 80 valence electrons. The summed E-state index contributed by atoms with van der Waals surface area (Å²) in [5, 5.41) is 0. The Morgan fingerprint density at radius 3 is 3.00 bits per heavy atom. The standard InChI is InChI=1S/C11H19NO2/c1-4-6-12-7-5-10(8-12)11(13)14-9(2)3/h4,9-10H,1,5-8H2,2-3H3. The molecule has 0 N–H and O–H groups in total. The number of carbonyl (C=O) groups is 1. The van der Waals surface area contributed by atoms with E-state index in [1.54, 1.807) is 0 Å². The van der Waals surface area contributed by atoms with E-state index in [0.29, 0.717) is 0 Å². The third-order valence-corrected chi connectivity index (χ3v) is 2.34. The van der Waals surface area contributed by atoms with Crippen molar-refractivity contribution in [2.75, 3.05) is 19.6 Å². The lowest BCUT2D eigenvalue weighted by atomic mass is 10.1. The van der Waals surface area contributed by atoms with E-state index >= 15 is 0 Å². The molecule has 0 aromatic rings. The molecule has 1 aliphatic rings.